The zero-order chi connectivity index (χ0) is 14.8. The van der Waals surface area contributed by atoms with Crippen molar-refractivity contribution in [3.8, 4) is 0 Å². The summed E-state index contributed by atoms with van der Waals surface area (Å²) in [7, 11) is 0. The Morgan fingerprint density at radius 1 is 1.30 bits per heavy atom. The van der Waals surface area contributed by atoms with Crippen LogP contribution in [-0.4, -0.2) is 30.4 Å². The molecule has 3 N–H and O–H groups in total. The second-order valence-corrected chi connectivity index (χ2v) is 4.55. The normalized spacial score (nSPS) is 11.9. The summed E-state index contributed by atoms with van der Waals surface area (Å²) in [5.41, 5.74) is 1.81. The maximum absolute atomic E-state index is 11.8. The van der Waals surface area contributed by atoms with Gasteiger partial charge in [-0.1, -0.05) is 19.1 Å². The molecule has 112 valence electrons. The Morgan fingerprint density at radius 2 is 2.00 bits per heavy atom. The van der Waals surface area contributed by atoms with E-state index in [1.54, 1.807) is 0 Å². The maximum atomic E-state index is 11.8. The summed E-state index contributed by atoms with van der Waals surface area (Å²) < 4.78 is 5.31. The number of amides is 2. The smallest absolute Gasteiger partial charge is 0.319 e. The molecule has 1 atom stereocenters. The first-order valence-electron chi connectivity index (χ1n) is 7.04. The predicted molar refractivity (Wildman–Crippen MR) is 79.7 cm³/mol. The van der Waals surface area contributed by atoms with E-state index < -0.39 is 0 Å². The van der Waals surface area contributed by atoms with Gasteiger partial charge in [-0.15, -0.1) is 0 Å². The van der Waals surface area contributed by atoms with E-state index in [1.807, 2.05) is 38.1 Å². The van der Waals surface area contributed by atoms with Crippen molar-refractivity contribution in [1.29, 1.82) is 0 Å². The number of benzene rings is 1. The Balaban J connectivity index is 2.45. The van der Waals surface area contributed by atoms with Gasteiger partial charge in [0, 0.05) is 24.9 Å². The molecule has 1 rings (SSSR count). The second-order valence-electron chi connectivity index (χ2n) is 4.55. The SMILES string of the molecule is CCOCc1ccc(NC(=O)NC(CC)CCO)cc1. The summed E-state index contributed by atoms with van der Waals surface area (Å²) >= 11 is 0. The van der Waals surface area contributed by atoms with Crippen LogP contribution in [0.4, 0.5) is 10.5 Å². The number of hydrogen-bond donors (Lipinski definition) is 3. The number of carbonyl (C=O) groups is 1. The minimum Gasteiger partial charge on any atom is -0.396 e. The molecule has 1 unspecified atom stereocenters. The summed E-state index contributed by atoms with van der Waals surface area (Å²) in [5, 5.41) is 14.5. The molecular weight excluding hydrogens is 256 g/mol. The average molecular weight is 280 g/mol. The highest BCUT2D eigenvalue weighted by molar-refractivity contribution is 5.89. The minimum atomic E-state index is -0.247. The maximum Gasteiger partial charge on any atom is 0.319 e. The molecule has 1 aromatic carbocycles. The van der Waals surface area contributed by atoms with Crippen LogP contribution in [0, 0.1) is 0 Å². The van der Waals surface area contributed by atoms with Crippen LogP contribution in [0.1, 0.15) is 32.3 Å². The number of rotatable bonds is 8. The van der Waals surface area contributed by atoms with E-state index in [1.165, 1.54) is 0 Å². The third-order valence-corrected chi connectivity index (χ3v) is 2.99. The number of aliphatic hydroxyl groups is 1. The van der Waals surface area contributed by atoms with Crippen LogP contribution < -0.4 is 10.6 Å². The molecule has 0 spiro atoms. The van der Waals surface area contributed by atoms with Gasteiger partial charge in [-0.2, -0.15) is 0 Å². The number of hydrogen-bond acceptors (Lipinski definition) is 3. The number of ether oxygens (including phenoxy) is 1. The highest BCUT2D eigenvalue weighted by Gasteiger charge is 2.09. The van der Waals surface area contributed by atoms with E-state index in [0.29, 0.717) is 19.6 Å². The molecule has 2 amide bonds. The fourth-order valence-corrected chi connectivity index (χ4v) is 1.79. The van der Waals surface area contributed by atoms with Gasteiger partial charge in [-0.3, -0.25) is 0 Å². The Bertz CT molecular complexity index is 393. The summed E-state index contributed by atoms with van der Waals surface area (Å²) in [6, 6.07) is 7.30. The van der Waals surface area contributed by atoms with Gasteiger partial charge in [0.15, 0.2) is 0 Å². The lowest BCUT2D eigenvalue weighted by Crippen LogP contribution is -2.38. The molecule has 0 radical (unpaired) electrons. The predicted octanol–water partition coefficient (Wildman–Crippen LogP) is 2.51. The highest BCUT2D eigenvalue weighted by atomic mass is 16.5. The van der Waals surface area contributed by atoms with Crippen molar-refractivity contribution < 1.29 is 14.6 Å². The Morgan fingerprint density at radius 3 is 2.55 bits per heavy atom. The lowest BCUT2D eigenvalue weighted by atomic mass is 10.1. The van der Waals surface area contributed by atoms with Gasteiger partial charge in [0.1, 0.15) is 0 Å². The van der Waals surface area contributed by atoms with Gasteiger partial charge in [-0.25, -0.2) is 4.79 Å². The molecule has 0 saturated heterocycles. The lowest BCUT2D eigenvalue weighted by molar-refractivity contribution is 0.134. The number of aliphatic hydroxyl groups excluding tert-OH is 1. The van der Waals surface area contributed by atoms with Crippen LogP contribution in [0.3, 0.4) is 0 Å². The molecule has 0 fully saturated rings. The molecule has 5 heteroatoms. The van der Waals surface area contributed by atoms with Crippen molar-refractivity contribution in [2.24, 2.45) is 0 Å². The molecule has 0 bridgehead atoms. The topological polar surface area (TPSA) is 70.6 Å². The molecule has 0 aliphatic heterocycles. The zero-order valence-corrected chi connectivity index (χ0v) is 12.2. The molecule has 20 heavy (non-hydrogen) atoms. The Hall–Kier alpha value is -1.59. The largest absolute Gasteiger partial charge is 0.396 e. The summed E-state index contributed by atoms with van der Waals surface area (Å²) in [5.74, 6) is 0. The van der Waals surface area contributed by atoms with E-state index in [9.17, 15) is 4.79 Å². The first-order valence-corrected chi connectivity index (χ1v) is 7.04. The summed E-state index contributed by atoms with van der Waals surface area (Å²) in [4.78, 5) is 11.8. The molecule has 0 aliphatic carbocycles. The van der Waals surface area contributed by atoms with Gasteiger partial charge in [0.2, 0.25) is 0 Å². The van der Waals surface area contributed by atoms with Crippen LogP contribution in [0.5, 0.6) is 0 Å². The van der Waals surface area contributed by atoms with Crippen LogP contribution in [-0.2, 0) is 11.3 Å². The van der Waals surface area contributed by atoms with Gasteiger partial charge in [0.25, 0.3) is 0 Å². The zero-order valence-electron chi connectivity index (χ0n) is 12.2. The standard InChI is InChI=1S/C15H24N2O3/c1-3-13(9-10-18)16-15(19)17-14-7-5-12(6-8-14)11-20-4-2/h5-8,13,18H,3-4,9-11H2,1-2H3,(H2,16,17,19). The fourth-order valence-electron chi connectivity index (χ4n) is 1.79. The van der Waals surface area contributed by atoms with Gasteiger partial charge < -0.3 is 20.5 Å². The summed E-state index contributed by atoms with van der Waals surface area (Å²) in [6.07, 6.45) is 1.36. The quantitative estimate of drug-likeness (QED) is 0.685. The van der Waals surface area contributed by atoms with E-state index in [-0.39, 0.29) is 18.7 Å². The highest BCUT2D eigenvalue weighted by Crippen LogP contribution is 2.10. The molecular formula is C15H24N2O3. The van der Waals surface area contributed by atoms with Crippen molar-refractivity contribution >= 4 is 11.7 Å². The minimum absolute atomic E-state index is 0.00257. The lowest BCUT2D eigenvalue weighted by Gasteiger charge is -2.16. The van der Waals surface area contributed by atoms with Crippen LogP contribution in [0.15, 0.2) is 24.3 Å². The van der Waals surface area contributed by atoms with Gasteiger partial charge in [0.05, 0.1) is 6.61 Å². The number of anilines is 1. The average Bonchev–Trinajstić information content (AvgIpc) is 2.46. The van der Waals surface area contributed by atoms with Crippen molar-refractivity contribution in [3.63, 3.8) is 0 Å². The van der Waals surface area contributed by atoms with Crippen LogP contribution in [0.2, 0.25) is 0 Å². The molecule has 0 saturated carbocycles. The molecule has 5 nitrogen and oxygen atoms in total. The first-order chi connectivity index (χ1) is 9.69. The van der Waals surface area contributed by atoms with E-state index in [2.05, 4.69) is 10.6 Å². The Labute approximate surface area is 120 Å². The van der Waals surface area contributed by atoms with Gasteiger partial charge >= 0.3 is 6.03 Å². The monoisotopic (exact) mass is 280 g/mol. The second kappa shape index (κ2) is 9.34. The number of urea groups is 1. The molecule has 0 aromatic heterocycles. The van der Waals surface area contributed by atoms with E-state index in [0.717, 1.165) is 17.7 Å². The third-order valence-electron chi connectivity index (χ3n) is 2.99. The number of nitrogens with one attached hydrogen (secondary N) is 2. The fraction of sp³-hybridized carbons (Fsp3) is 0.533. The van der Waals surface area contributed by atoms with Crippen molar-refractivity contribution in [2.45, 2.75) is 39.3 Å². The summed E-state index contributed by atoms with van der Waals surface area (Å²) in [6.45, 7) is 5.27. The molecule has 0 aliphatic rings. The first kappa shape index (κ1) is 16.5. The van der Waals surface area contributed by atoms with Crippen LogP contribution in [0.25, 0.3) is 0 Å². The van der Waals surface area contributed by atoms with E-state index >= 15 is 0 Å². The third kappa shape index (κ3) is 6.04. The van der Waals surface area contributed by atoms with Crippen LogP contribution >= 0.6 is 0 Å². The molecule has 1 aromatic rings. The van der Waals surface area contributed by atoms with Crippen molar-refractivity contribution in [2.75, 3.05) is 18.5 Å². The Kier molecular flexibility index (Phi) is 7.69. The van der Waals surface area contributed by atoms with Gasteiger partial charge in [-0.05, 0) is 37.5 Å². The molecule has 0 heterocycles. The van der Waals surface area contributed by atoms with Crippen molar-refractivity contribution in [1.82, 2.24) is 5.32 Å². The van der Waals surface area contributed by atoms with E-state index in [4.69, 9.17) is 9.84 Å². The number of carbonyl (C=O) groups excluding carboxylic acids is 1. The van der Waals surface area contributed by atoms with Crippen molar-refractivity contribution in [3.05, 3.63) is 29.8 Å².